The summed E-state index contributed by atoms with van der Waals surface area (Å²) in [6, 6.07) is 0. The van der Waals surface area contributed by atoms with Crippen LogP contribution in [0.1, 0.15) is 13.3 Å². The lowest BCUT2D eigenvalue weighted by molar-refractivity contribution is 0.670. The third-order valence-electron chi connectivity index (χ3n) is 1.74. The Morgan fingerprint density at radius 3 is 3.08 bits per heavy atom. The summed E-state index contributed by atoms with van der Waals surface area (Å²) >= 11 is 0. The van der Waals surface area contributed by atoms with E-state index in [9.17, 15) is 0 Å². The Bertz CT molecular complexity index is 259. The standard InChI is InChI=1S/C10H14N2/c1-9-5-4-6-11-8-12(3)10(2)7-9/h4,6-8H,2,5H2,1,3H3/b6-4-,9-7+,11-8?. The minimum absolute atomic E-state index is 0.949. The van der Waals surface area contributed by atoms with Crippen molar-refractivity contribution < 1.29 is 0 Å². The molecule has 0 aliphatic carbocycles. The van der Waals surface area contributed by atoms with Crippen molar-refractivity contribution in [1.29, 1.82) is 0 Å². The molecule has 0 atom stereocenters. The predicted molar refractivity (Wildman–Crippen MR) is 52.9 cm³/mol. The molecule has 0 radical (unpaired) electrons. The average molecular weight is 162 g/mol. The van der Waals surface area contributed by atoms with Gasteiger partial charge in [0.1, 0.15) is 0 Å². The van der Waals surface area contributed by atoms with E-state index in [2.05, 4.69) is 24.6 Å². The molecule has 0 aromatic heterocycles. The predicted octanol–water partition coefficient (Wildman–Crippen LogP) is 2.32. The number of aliphatic imine (C=N–C) groups is 1. The molecule has 12 heavy (non-hydrogen) atoms. The van der Waals surface area contributed by atoms with Gasteiger partial charge in [0, 0.05) is 18.9 Å². The molecule has 0 aromatic rings. The van der Waals surface area contributed by atoms with Crippen LogP contribution in [-0.2, 0) is 0 Å². The summed E-state index contributed by atoms with van der Waals surface area (Å²) in [5.41, 5.74) is 2.27. The molecule has 0 saturated carbocycles. The van der Waals surface area contributed by atoms with Gasteiger partial charge in [-0.2, -0.15) is 0 Å². The molecule has 0 aromatic carbocycles. The van der Waals surface area contributed by atoms with Crippen molar-refractivity contribution in [3.8, 4) is 0 Å². The Morgan fingerprint density at radius 1 is 1.58 bits per heavy atom. The molecule has 0 bridgehead atoms. The molecule has 0 spiro atoms. The van der Waals surface area contributed by atoms with Gasteiger partial charge in [0.05, 0.1) is 6.34 Å². The second kappa shape index (κ2) is 3.90. The summed E-state index contributed by atoms with van der Waals surface area (Å²) in [6.45, 7) is 6.01. The first kappa shape index (κ1) is 8.78. The highest BCUT2D eigenvalue weighted by Gasteiger charge is 1.96. The molecule has 0 N–H and O–H groups in total. The van der Waals surface area contributed by atoms with Crippen molar-refractivity contribution in [2.45, 2.75) is 13.3 Å². The van der Waals surface area contributed by atoms with Crippen molar-refractivity contribution in [2.24, 2.45) is 4.99 Å². The maximum absolute atomic E-state index is 4.08. The highest BCUT2D eigenvalue weighted by atomic mass is 15.1. The van der Waals surface area contributed by atoms with Gasteiger partial charge >= 0.3 is 0 Å². The Balaban J connectivity index is 2.85. The number of hydrogen-bond donors (Lipinski definition) is 0. The van der Waals surface area contributed by atoms with E-state index in [4.69, 9.17) is 0 Å². The molecule has 1 aliphatic heterocycles. The molecule has 1 rings (SSSR count). The first-order chi connectivity index (χ1) is 5.70. The van der Waals surface area contributed by atoms with Gasteiger partial charge in [-0.25, -0.2) is 4.99 Å². The van der Waals surface area contributed by atoms with Crippen molar-refractivity contribution in [2.75, 3.05) is 7.05 Å². The average Bonchev–Trinajstić information content (AvgIpc) is 2.07. The van der Waals surface area contributed by atoms with E-state index in [0.29, 0.717) is 0 Å². The lowest BCUT2D eigenvalue weighted by Gasteiger charge is -2.12. The highest BCUT2D eigenvalue weighted by Crippen LogP contribution is 2.08. The zero-order valence-electron chi connectivity index (χ0n) is 7.62. The van der Waals surface area contributed by atoms with Gasteiger partial charge in [-0.15, -0.1) is 0 Å². The largest absolute Gasteiger partial charge is 0.336 e. The number of rotatable bonds is 0. The van der Waals surface area contributed by atoms with Crippen molar-refractivity contribution in [3.05, 3.63) is 36.2 Å². The number of allylic oxidation sites excluding steroid dienone is 3. The van der Waals surface area contributed by atoms with Crippen LogP contribution >= 0.6 is 0 Å². The second-order valence-electron chi connectivity index (χ2n) is 2.95. The lowest BCUT2D eigenvalue weighted by Crippen LogP contribution is -2.12. The summed E-state index contributed by atoms with van der Waals surface area (Å²) < 4.78 is 0. The van der Waals surface area contributed by atoms with E-state index in [1.54, 1.807) is 6.34 Å². The number of hydrogen-bond acceptors (Lipinski definition) is 2. The van der Waals surface area contributed by atoms with E-state index in [-0.39, 0.29) is 0 Å². The first-order valence-electron chi connectivity index (χ1n) is 3.97. The number of nitrogens with zero attached hydrogens (tertiary/aromatic N) is 2. The minimum Gasteiger partial charge on any atom is -0.336 e. The van der Waals surface area contributed by atoms with Crippen molar-refractivity contribution in [1.82, 2.24) is 4.90 Å². The quantitative estimate of drug-likeness (QED) is 0.533. The van der Waals surface area contributed by atoms with Gasteiger partial charge in [0.15, 0.2) is 0 Å². The second-order valence-corrected chi connectivity index (χ2v) is 2.95. The van der Waals surface area contributed by atoms with Crippen LogP contribution in [0.3, 0.4) is 0 Å². The van der Waals surface area contributed by atoms with Gasteiger partial charge in [-0.3, -0.25) is 0 Å². The van der Waals surface area contributed by atoms with Gasteiger partial charge in [0.25, 0.3) is 0 Å². The SMILES string of the molecule is C=C1/C=C(\C)C/C=C\N=CN1C. The van der Waals surface area contributed by atoms with Crippen LogP contribution in [0.25, 0.3) is 0 Å². The van der Waals surface area contributed by atoms with Crippen LogP contribution in [0, 0.1) is 0 Å². The van der Waals surface area contributed by atoms with Crippen LogP contribution in [0.2, 0.25) is 0 Å². The van der Waals surface area contributed by atoms with E-state index < -0.39 is 0 Å². The summed E-state index contributed by atoms with van der Waals surface area (Å²) in [4.78, 5) is 5.98. The molecule has 0 saturated heterocycles. The van der Waals surface area contributed by atoms with Crippen LogP contribution < -0.4 is 0 Å². The normalized spacial score (nSPS) is 25.3. The summed E-state index contributed by atoms with van der Waals surface area (Å²) in [7, 11) is 1.94. The fourth-order valence-electron chi connectivity index (χ4n) is 0.957. The van der Waals surface area contributed by atoms with Crippen LogP contribution in [0.4, 0.5) is 0 Å². The van der Waals surface area contributed by atoms with E-state index in [1.165, 1.54) is 5.57 Å². The smallest absolute Gasteiger partial charge is 0.0946 e. The molecule has 64 valence electrons. The van der Waals surface area contributed by atoms with Gasteiger partial charge in [0.2, 0.25) is 0 Å². The fourth-order valence-corrected chi connectivity index (χ4v) is 0.957. The Hall–Kier alpha value is -1.31. The molecule has 2 nitrogen and oxygen atoms in total. The minimum atomic E-state index is 0.949. The maximum Gasteiger partial charge on any atom is 0.0946 e. The summed E-state index contributed by atoms with van der Waals surface area (Å²) in [6.07, 6.45) is 8.63. The van der Waals surface area contributed by atoms with Gasteiger partial charge < -0.3 is 4.90 Å². The lowest BCUT2D eigenvalue weighted by atomic mass is 10.2. The van der Waals surface area contributed by atoms with E-state index in [1.807, 2.05) is 24.2 Å². The zero-order valence-corrected chi connectivity index (χ0v) is 7.62. The van der Waals surface area contributed by atoms with Crippen LogP contribution in [0.15, 0.2) is 41.2 Å². The Labute approximate surface area is 73.6 Å². The summed E-state index contributed by atoms with van der Waals surface area (Å²) in [5.74, 6) is 0. The molecular weight excluding hydrogens is 148 g/mol. The Kier molecular flexibility index (Phi) is 2.86. The van der Waals surface area contributed by atoms with E-state index in [0.717, 1.165) is 12.1 Å². The van der Waals surface area contributed by atoms with Gasteiger partial charge in [-0.05, 0) is 19.4 Å². The van der Waals surface area contributed by atoms with Crippen molar-refractivity contribution in [3.63, 3.8) is 0 Å². The molecular formula is C10H14N2. The maximum atomic E-state index is 4.08. The zero-order chi connectivity index (χ0) is 8.97. The highest BCUT2D eigenvalue weighted by molar-refractivity contribution is 5.59. The Morgan fingerprint density at radius 2 is 2.33 bits per heavy atom. The summed E-state index contributed by atoms with van der Waals surface area (Å²) in [5, 5.41) is 0. The van der Waals surface area contributed by atoms with Crippen molar-refractivity contribution >= 4 is 6.34 Å². The molecule has 1 heterocycles. The monoisotopic (exact) mass is 162 g/mol. The van der Waals surface area contributed by atoms with Crippen LogP contribution in [0.5, 0.6) is 0 Å². The molecule has 0 fully saturated rings. The molecule has 1 aliphatic rings. The molecule has 0 unspecified atom stereocenters. The number of likely N-dealkylation sites (N-methyl/N-ethyl adjacent to an activating group) is 1. The molecule has 0 amide bonds. The van der Waals surface area contributed by atoms with E-state index >= 15 is 0 Å². The molecule has 2 heteroatoms. The third kappa shape index (κ3) is 2.38. The first-order valence-corrected chi connectivity index (χ1v) is 3.97. The fraction of sp³-hybridized carbons (Fsp3) is 0.300. The van der Waals surface area contributed by atoms with Gasteiger partial charge in [-0.1, -0.05) is 18.2 Å². The van der Waals surface area contributed by atoms with Crippen LogP contribution in [-0.4, -0.2) is 18.3 Å². The third-order valence-corrected chi connectivity index (χ3v) is 1.74. The topological polar surface area (TPSA) is 15.6 Å².